The second-order valence-electron chi connectivity index (χ2n) is 1.42. The molecule has 0 aliphatic heterocycles. The van der Waals surface area contributed by atoms with Crippen LogP contribution in [0.5, 0.6) is 0 Å². The molecular weight excluding hydrogens is 86.1 g/mol. The van der Waals surface area contributed by atoms with E-state index >= 15 is 0 Å². The molecule has 0 atom stereocenters. The standard InChI is InChI=1S/C6H13N/c1-4-6(5-2)7-3/h4,7H,5H2,1-3H3/b6-4-. The number of hydrogen-bond donors (Lipinski definition) is 1. The highest BCUT2D eigenvalue weighted by Gasteiger charge is 1.79. The van der Waals surface area contributed by atoms with E-state index in [1.807, 2.05) is 14.0 Å². The summed E-state index contributed by atoms with van der Waals surface area (Å²) < 4.78 is 0. The third-order valence-electron chi connectivity index (χ3n) is 1.05. The van der Waals surface area contributed by atoms with Crippen LogP contribution in [0, 0.1) is 0 Å². The molecule has 0 rings (SSSR count). The summed E-state index contributed by atoms with van der Waals surface area (Å²) in [5.74, 6) is 0. The predicted octanol–water partition coefficient (Wildman–Crippen LogP) is 1.52. The fourth-order valence-corrected chi connectivity index (χ4v) is 0.525. The van der Waals surface area contributed by atoms with Crippen LogP contribution < -0.4 is 5.32 Å². The van der Waals surface area contributed by atoms with E-state index in [0.717, 1.165) is 6.42 Å². The minimum absolute atomic E-state index is 1.10. The average molecular weight is 99.2 g/mol. The molecular formula is C6H13N. The quantitative estimate of drug-likeness (QED) is 0.553. The Morgan fingerprint density at radius 2 is 2.29 bits per heavy atom. The maximum Gasteiger partial charge on any atom is 0.00579 e. The van der Waals surface area contributed by atoms with Gasteiger partial charge >= 0.3 is 0 Å². The largest absolute Gasteiger partial charge is 0.392 e. The van der Waals surface area contributed by atoms with E-state index in [0.29, 0.717) is 0 Å². The summed E-state index contributed by atoms with van der Waals surface area (Å²) in [6.07, 6.45) is 3.19. The summed E-state index contributed by atoms with van der Waals surface area (Å²) in [5.41, 5.74) is 1.31. The van der Waals surface area contributed by atoms with E-state index in [-0.39, 0.29) is 0 Å². The van der Waals surface area contributed by atoms with Gasteiger partial charge in [0, 0.05) is 12.7 Å². The van der Waals surface area contributed by atoms with Gasteiger partial charge in [0.15, 0.2) is 0 Å². The maximum atomic E-state index is 3.06. The Labute approximate surface area is 45.4 Å². The molecule has 0 aliphatic carbocycles. The van der Waals surface area contributed by atoms with Gasteiger partial charge in [-0.05, 0) is 13.3 Å². The van der Waals surface area contributed by atoms with Crippen molar-refractivity contribution in [3.05, 3.63) is 11.8 Å². The van der Waals surface area contributed by atoms with Gasteiger partial charge in [-0.15, -0.1) is 0 Å². The van der Waals surface area contributed by atoms with Crippen molar-refractivity contribution in [3.63, 3.8) is 0 Å². The van der Waals surface area contributed by atoms with E-state index in [4.69, 9.17) is 0 Å². The van der Waals surface area contributed by atoms with E-state index < -0.39 is 0 Å². The summed E-state index contributed by atoms with van der Waals surface area (Å²) >= 11 is 0. The highest BCUT2D eigenvalue weighted by atomic mass is 14.8. The normalized spacial score (nSPS) is 11.6. The first-order chi connectivity index (χ1) is 3.35. The van der Waals surface area contributed by atoms with Gasteiger partial charge in [-0.25, -0.2) is 0 Å². The zero-order chi connectivity index (χ0) is 5.70. The molecule has 1 N–H and O–H groups in total. The molecule has 1 nitrogen and oxygen atoms in total. The molecule has 0 aliphatic rings. The molecule has 0 heterocycles. The highest BCUT2D eigenvalue weighted by molar-refractivity contribution is 4.94. The van der Waals surface area contributed by atoms with Crippen molar-refractivity contribution in [2.75, 3.05) is 7.05 Å². The van der Waals surface area contributed by atoms with Crippen molar-refractivity contribution < 1.29 is 0 Å². The molecule has 0 amide bonds. The van der Waals surface area contributed by atoms with Crippen LogP contribution in [0.1, 0.15) is 20.3 Å². The second kappa shape index (κ2) is 3.72. The Kier molecular flexibility index (Phi) is 3.48. The third kappa shape index (κ3) is 2.26. The van der Waals surface area contributed by atoms with E-state index in [2.05, 4.69) is 18.3 Å². The van der Waals surface area contributed by atoms with Crippen LogP contribution in [0.4, 0.5) is 0 Å². The molecule has 0 spiro atoms. The molecule has 0 bridgehead atoms. The molecule has 7 heavy (non-hydrogen) atoms. The monoisotopic (exact) mass is 99.1 g/mol. The maximum absolute atomic E-state index is 3.06. The van der Waals surface area contributed by atoms with Gasteiger partial charge in [0.05, 0.1) is 0 Å². The summed E-state index contributed by atoms with van der Waals surface area (Å²) in [6.45, 7) is 4.17. The fraction of sp³-hybridized carbons (Fsp3) is 0.667. The lowest BCUT2D eigenvalue weighted by Gasteiger charge is -1.98. The molecule has 42 valence electrons. The highest BCUT2D eigenvalue weighted by Crippen LogP contribution is 1.90. The summed E-state index contributed by atoms with van der Waals surface area (Å²) in [4.78, 5) is 0. The minimum Gasteiger partial charge on any atom is -0.392 e. The van der Waals surface area contributed by atoms with Gasteiger partial charge in [-0.2, -0.15) is 0 Å². The van der Waals surface area contributed by atoms with Gasteiger partial charge in [-0.3, -0.25) is 0 Å². The van der Waals surface area contributed by atoms with Crippen molar-refractivity contribution in [1.82, 2.24) is 5.32 Å². The lowest BCUT2D eigenvalue weighted by molar-refractivity contribution is 0.896. The lowest BCUT2D eigenvalue weighted by Crippen LogP contribution is -2.02. The molecule has 1 heteroatoms. The van der Waals surface area contributed by atoms with Crippen LogP contribution in [-0.4, -0.2) is 7.05 Å². The molecule has 0 saturated carbocycles. The summed E-state index contributed by atoms with van der Waals surface area (Å²) in [5, 5.41) is 3.06. The Bertz CT molecular complexity index is 58.6. The third-order valence-corrected chi connectivity index (χ3v) is 1.05. The predicted molar refractivity (Wildman–Crippen MR) is 33.1 cm³/mol. The molecule has 0 unspecified atom stereocenters. The average Bonchev–Trinajstić information content (AvgIpc) is 1.72. The first-order valence-electron chi connectivity index (χ1n) is 2.68. The number of allylic oxidation sites excluding steroid dienone is 2. The van der Waals surface area contributed by atoms with E-state index in [1.54, 1.807) is 0 Å². The Morgan fingerprint density at radius 3 is 2.29 bits per heavy atom. The van der Waals surface area contributed by atoms with E-state index in [9.17, 15) is 0 Å². The molecule has 0 aromatic heterocycles. The topological polar surface area (TPSA) is 12.0 Å². The molecule has 0 radical (unpaired) electrons. The fourth-order valence-electron chi connectivity index (χ4n) is 0.525. The Hall–Kier alpha value is -0.460. The van der Waals surface area contributed by atoms with Crippen LogP contribution in [0.25, 0.3) is 0 Å². The van der Waals surface area contributed by atoms with Crippen molar-refractivity contribution in [3.8, 4) is 0 Å². The number of nitrogens with one attached hydrogen (secondary N) is 1. The SMILES string of the molecule is C/C=C(/CC)NC. The molecule has 0 aromatic carbocycles. The van der Waals surface area contributed by atoms with Crippen molar-refractivity contribution >= 4 is 0 Å². The zero-order valence-electron chi connectivity index (χ0n) is 5.28. The number of rotatable bonds is 2. The van der Waals surface area contributed by atoms with E-state index in [1.165, 1.54) is 5.70 Å². The van der Waals surface area contributed by atoms with Gasteiger partial charge < -0.3 is 5.32 Å². The summed E-state index contributed by atoms with van der Waals surface area (Å²) in [6, 6.07) is 0. The van der Waals surface area contributed by atoms with Crippen LogP contribution in [0.15, 0.2) is 11.8 Å². The van der Waals surface area contributed by atoms with Crippen LogP contribution in [0.3, 0.4) is 0 Å². The van der Waals surface area contributed by atoms with Crippen LogP contribution in [0.2, 0.25) is 0 Å². The van der Waals surface area contributed by atoms with Crippen LogP contribution in [-0.2, 0) is 0 Å². The van der Waals surface area contributed by atoms with Crippen molar-refractivity contribution in [2.24, 2.45) is 0 Å². The lowest BCUT2D eigenvalue weighted by atomic mass is 10.3. The Morgan fingerprint density at radius 1 is 1.71 bits per heavy atom. The van der Waals surface area contributed by atoms with Gasteiger partial charge in [0.25, 0.3) is 0 Å². The molecule has 0 fully saturated rings. The van der Waals surface area contributed by atoms with Gasteiger partial charge in [0.2, 0.25) is 0 Å². The molecule has 0 aromatic rings. The smallest absolute Gasteiger partial charge is 0.00579 e. The number of hydrogen-bond acceptors (Lipinski definition) is 1. The Balaban J connectivity index is 3.38. The van der Waals surface area contributed by atoms with Gasteiger partial charge in [0.1, 0.15) is 0 Å². The van der Waals surface area contributed by atoms with Crippen molar-refractivity contribution in [1.29, 1.82) is 0 Å². The minimum atomic E-state index is 1.10. The first kappa shape index (κ1) is 6.54. The van der Waals surface area contributed by atoms with Crippen molar-refractivity contribution in [2.45, 2.75) is 20.3 Å². The van der Waals surface area contributed by atoms with Crippen LogP contribution >= 0.6 is 0 Å². The zero-order valence-corrected chi connectivity index (χ0v) is 5.28. The summed E-state index contributed by atoms with van der Waals surface area (Å²) in [7, 11) is 1.94. The van der Waals surface area contributed by atoms with Gasteiger partial charge in [-0.1, -0.05) is 13.0 Å². The molecule has 0 saturated heterocycles. The first-order valence-corrected chi connectivity index (χ1v) is 2.68. The second-order valence-corrected chi connectivity index (χ2v) is 1.42.